The van der Waals surface area contributed by atoms with Crippen LogP contribution < -0.4 is 14.4 Å². The van der Waals surface area contributed by atoms with Crippen molar-refractivity contribution in [3.8, 4) is 11.5 Å². The quantitative estimate of drug-likeness (QED) is 0.643. The number of nitrogens with zero attached hydrogens (tertiary/aromatic N) is 3. The maximum absolute atomic E-state index is 13.4. The van der Waals surface area contributed by atoms with Crippen molar-refractivity contribution in [2.24, 2.45) is 4.99 Å². The van der Waals surface area contributed by atoms with Crippen molar-refractivity contribution in [2.45, 2.75) is 19.3 Å². The summed E-state index contributed by atoms with van der Waals surface area (Å²) in [4.78, 5) is 45.1. The van der Waals surface area contributed by atoms with Crippen molar-refractivity contribution in [3.05, 3.63) is 48.0 Å². The van der Waals surface area contributed by atoms with Crippen LogP contribution in [0.1, 0.15) is 29.6 Å². The van der Waals surface area contributed by atoms with Crippen LogP contribution >= 0.6 is 11.8 Å². The van der Waals surface area contributed by atoms with E-state index in [9.17, 15) is 14.4 Å². The minimum absolute atomic E-state index is 0.193. The van der Waals surface area contributed by atoms with Gasteiger partial charge in [0, 0.05) is 36.8 Å². The van der Waals surface area contributed by atoms with E-state index < -0.39 is 0 Å². The van der Waals surface area contributed by atoms with Crippen molar-refractivity contribution in [2.75, 3.05) is 31.4 Å². The summed E-state index contributed by atoms with van der Waals surface area (Å²) in [5.41, 5.74) is 1.37. The molecule has 32 heavy (non-hydrogen) atoms. The van der Waals surface area contributed by atoms with Gasteiger partial charge in [-0.2, -0.15) is 0 Å². The molecule has 2 aliphatic rings. The molecule has 0 radical (unpaired) electrons. The predicted octanol–water partition coefficient (Wildman–Crippen LogP) is 3.62. The molecular formula is C23H23N3O5S. The van der Waals surface area contributed by atoms with Crippen LogP contribution in [0.3, 0.4) is 0 Å². The molecule has 8 nitrogen and oxygen atoms in total. The molecule has 3 amide bonds. The molecule has 9 heteroatoms. The maximum atomic E-state index is 13.4. The topological polar surface area (TPSA) is 88.5 Å². The Bertz CT molecular complexity index is 1080. The van der Waals surface area contributed by atoms with E-state index in [1.54, 1.807) is 61.6 Å². The number of ether oxygens (including phenoxy) is 2. The van der Waals surface area contributed by atoms with E-state index in [-0.39, 0.29) is 30.6 Å². The number of amides is 3. The summed E-state index contributed by atoms with van der Waals surface area (Å²) >= 11 is 1.49. The number of imide groups is 1. The summed E-state index contributed by atoms with van der Waals surface area (Å²) in [6.45, 7) is 0.517. The second-order valence-corrected chi connectivity index (χ2v) is 8.33. The van der Waals surface area contributed by atoms with Crippen LogP contribution in [-0.4, -0.2) is 54.3 Å². The minimum atomic E-state index is -0.250. The Morgan fingerprint density at radius 3 is 2.53 bits per heavy atom. The maximum Gasteiger partial charge on any atom is 0.259 e. The second-order valence-electron chi connectivity index (χ2n) is 7.26. The predicted molar refractivity (Wildman–Crippen MR) is 123 cm³/mol. The normalized spacial score (nSPS) is 17.8. The summed E-state index contributed by atoms with van der Waals surface area (Å²) in [6.07, 6.45) is 1.21. The van der Waals surface area contributed by atoms with Crippen LogP contribution in [0.25, 0.3) is 0 Å². The van der Waals surface area contributed by atoms with Gasteiger partial charge < -0.3 is 9.47 Å². The van der Waals surface area contributed by atoms with Crippen molar-refractivity contribution in [1.29, 1.82) is 0 Å². The van der Waals surface area contributed by atoms with Crippen LogP contribution in [0, 0.1) is 0 Å². The lowest BCUT2D eigenvalue weighted by Gasteiger charge is -2.28. The van der Waals surface area contributed by atoms with Gasteiger partial charge in [-0.1, -0.05) is 17.8 Å². The van der Waals surface area contributed by atoms with E-state index in [0.717, 1.165) is 17.1 Å². The first kappa shape index (κ1) is 21.9. The van der Waals surface area contributed by atoms with Gasteiger partial charge in [-0.3, -0.25) is 24.2 Å². The molecular weight excluding hydrogens is 430 g/mol. The number of carbonyl (C=O) groups is 3. The molecule has 0 saturated carbocycles. The molecule has 2 saturated heterocycles. The third kappa shape index (κ3) is 4.34. The monoisotopic (exact) mass is 453 g/mol. The molecule has 2 aromatic rings. The minimum Gasteiger partial charge on any atom is -0.497 e. The third-order valence-electron chi connectivity index (χ3n) is 5.24. The molecule has 0 bridgehead atoms. The Morgan fingerprint density at radius 2 is 1.81 bits per heavy atom. The number of hydrogen-bond acceptors (Lipinski definition) is 7. The summed E-state index contributed by atoms with van der Waals surface area (Å²) in [6, 6.07) is 11.9. The number of benzene rings is 2. The number of amidine groups is 1. The zero-order chi connectivity index (χ0) is 22.7. The third-order valence-corrected chi connectivity index (χ3v) is 6.30. The molecule has 0 atom stereocenters. The largest absolute Gasteiger partial charge is 0.497 e. The Morgan fingerprint density at radius 1 is 1.03 bits per heavy atom. The fourth-order valence-corrected chi connectivity index (χ4v) is 4.58. The van der Waals surface area contributed by atoms with Gasteiger partial charge in [0.1, 0.15) is 17.2 Å². The van der Waals surface area contributed by atoms with Gasteiger partial charge in [0.15, 0.2) is 5.17 Å². The highest BCUT2D eigenvalue weighted by Crippen LogP contribution is 2.34. The molecule has 0 N–H and O–H groups in total. The van der Waals surface area contributed by atoms with Crippen molar-refractivity contribution < 1.29 is 23.9 Å². The average Bonchev–Trinajstić information content (AvgIpc) is 3.16. The van der Waals surface area contributed by atoms with Gasteiger partial charge in [0.05, 0.1) is 19.9 Å². The number of rotatable bonds is 5. The van der Waals surface area contributed by atoms with Gasteiger partial charge in [-0.25, -0.2) is 4.99 Å². The van der Waals surface area contributed by atoms with Crippen molar-refractivity contribution >= 4 is 46.0 Å². The fourth-order valence-electron chi connectivity index (χ4n) is 3.63. The highest BCUT2D eigenvalue weighted by Gasteiger charge is 2.31. The Labute approximate surface area is 190 Å². The molecule has 0 aromatic heterocycles. The number of hydrogen-bond donors (Lipinski definition) is 0. The molecule has 0 aliphatic carbocycles. The fraction of sp³-hybridized carbons (Fsp3) is 0.304. The van der Waals surface area contributed by atoms with Gasteiger partial charge in [0.25, 0.3) is 5.91 Å². The first-order valence-corrected chi connectivity index (χ1v) is 11.2. The van der Waals surface area contributed by atoms with Crippen LogP contribution in [0.5, 0.6) is 11.5 Å². The molecule has 2 aromatic carbocycles. The van der Waals surface area contributed by atoms with Crippen molar-refractivity contribution in [1.82, 2.24) is 4.90 Å². The van der Waals surface area contributed by atoms with Gasteiger partial charge in [-0.05, 0) is 36.8 Å². The van der Waals surface area contributed by atoms with Crippen LogP contribution in [0.15, 0.2) is 47.5 Å². The molecule has 2 fully saturated rings. The number of thioether (sulfide) groups is 1. The smallest absolute Gasteiger partial charge is 0.259 e. The van der Waals surface area contributed by atoms with Gasteiger partial charge in [-0.15, -0.1) is 0 Å². The first-order valence-electron chi connectivity index (χ1n) is 10.2. The molecule has 4 rings (SSSR count). The first-order chi connectivity index (χ1) is 15.5. The number of anilines is 1. The number of aliphatic imine (C=N–C) groups is 1. The Balaban J connectivity index is 1.66. The zero-order valence-corrected chi connectivity index (χ0v) is 18.7. The molecule has 0 spiro atoms. The lowest BCUT2D eigenvalue weighted by Crippen LogP contribution is -2.39. The van der Waals surface area contributed by atoms with E-state index in [1.165, 1.54) is 11.8 Å². The molecule has 0 unspecified atom stereocenters. The van der Waals surface area contributed by atoms with Gasteiger partial charge in [0.2, 0.25) is 11.8 Å². The second kappa shape index (κ2) is 9.44. The lowest BCUT2D eigenvalue weighted by atomic mass is 10.1. The zero-order valence-electron chi connectivity index (χ0n) is 17.9. The standard InChI is InChI=1S/C23H23N3O5S/c1-30-17-7-8-19(31-2)18(14-17)24-23-25(11-4-12-32-23)22(29)15-5-3-6-16(13-15)26-20(27)9-10-21(26)28/h3,5-8,13-14H,4,9-12H2,1-2H3. The van der Waals surface area contributed by atoms with E-state index in [0.29, 0.717) is 40.1 Å². The summed E-state index contributed by atoms with van der Waals surface area (Å²) in [5, 5.41) is 0.562. The Kier molecular flexibility index (Phi) is 6.45. The highest BCUT2D eigenvalue weighted by molar-refractivity contribution is 8.13. The average molecular weight is 454 g/mol. The molecule has 2 aliphatic heterocycles. The van der Waals surface area contributed by atoms with Crippen LogP contribution in [-0.2, 0) is 9.59 Å². The number of carbonyl (C=O) groups excluding carboxylic acids is 3. The van der Waals surface area contributed by atoms with E-state index in [4.69, 9.17) is 14.5 Å². The highest BCUT2D eigenvalue weighted by atomic mass is 32.2. The van der Waals surface area contributed by atoms with Crippen molar-refractivity contribution in [3.63, 3.8) is 0 Å². The lowest BCUT2D eigenvalue weighted by molar-refractivity contribution is -0.121. The molecule has 166 valence electrons. The Hall–Kier alpha value is -3.33. The SMILES string of the molecule is COc1ccc(OC)c(N=C2SCCCN2C(=O)c2cccc(N3C(=O)CCC3=O)c2)c1. The van der Waals surface area contributed by atoms with Gasteiger partial charge >= 0.3 is 0 Å². The molecule has 2 heterocycles. The van der Waals surface area contributed by atoms with E-state index in [1.807, 2.05) is 0 Å². The van der Waals surface area contributed by atoms with E-state index in [2.05, 4.69) is 0 Å². The van der Waals surface area contributed by atoms with E-state index >= 15 is 0 Å². The van der Waals surface area contributed by atoms with Crippen LogP contribution in [0.2, 0.25) is 0 Å². The van der Waals surface area contributed by atoms with Crippen LogP contribution in [0.4, 0.5) is 11.4 Å². The summed E-state index contributed by atoms with van der Waals surface area (Å²) < 4.78 is 10.7. The summed E-state index contributed by atoms with van der Waals surface area (Å²) in [7, 11) is 3.14. The summed E-state index contributed by atoms with van der Waals surface area (Å²) in [5.74, 6) is 1.31. The number of methoxy groups -OCH3 is 2.